The van der Waals surface area contributed by atoms with Gasteiger partial charge in [-0.2, -0.15) is 5.26 Å². The van der Waals surface area contributed by atoms with Gasteiger partial charge >= 0.3 is 0 Å². The second kappa shape index (κ2) is 8.13. The summed E-state index contributed by atoms with van der Waals surface area (Å²) in [5.41, 5.74) is 7.48. The van der Waals surface area contributed by atoms with E-state index in [9.17, 15) is 14.9 Å². The van der Waals surface area contributed by atoms with Crippen LogP contribution < -0.4 is 16.2 Å². The fourth-order valence-corrected chi connectivity index (χ4v) is 4.18. The molecule has 1 aromatic carbocycles. The van der Waals surface area contributed by atoms with Crippen LogP contribution in [0, 0.1) is 11.3 Å². The minimum atomic E-state index is -0.324. The molecule has 0 saturated carbocycles. The van der Waals surface area contributed by atoms with E-state index in [4.69, 9.17) is 5.73 Å². The van der Waals surface area contributed by atoms with E-state index in [1.54, 1.807) is 24.3 Å². The van der Waals surface area contributed by atoms with Gasteiger partial charge in [-0.25, -0.2) is 4.98 Å². The molecule has 0 aliphatic carbocycles. The van der Waals surface area contributed by atoms with E-state index in [1.807, 2.05) is 17.6 Å². The van der Waals surface area contributed by atoms with Crippen LogP contribution in [-0.2, 0) is 13.1 Å². The molecule has 1 aliphatic heterocycles. The second-order valence-corrected chi connectivity index (χ2v) is 7.57. The van der Waals surface area contributed by atoms with Crippen LogP contribution in [0.3, 0.4) is 0 Å². The summed E-state index contributed by atoms with van der Waals surface area (Å²) < 4.78 is 3.15. The topological polar surface area (TPSA) is 110 Å². The predicted molar refractivity (Wildman–Crippen MR) is 115 cm³/mol. The van der Waals surface area contributed by atoms with Crippen molar-refractivity contribution in [1.82, 2.24) is 14.1 Å². The van der Waals surface area contributed by atoms with Gasteiger partial charge < -0.3 is 15.2 Å². The number of anilines is 1. The summed E-state index contributed by atoms with van der Waals surface area (Å²) in [4.78, 5) is 32.4. The first kappa shape index (κ1) is 19.9. The quantitative estimate of drug-likeness (QED) is 0.651. The number of nitriles is 1. The van der Waals surface area contributed by atoms with E-state index in [0.717, 1.165) is 19.4 Å². The largest absolute Gasteiger partial charge is 0.355 e. The molecule has 1 aliphatic rings. The molecule has 1 fully saturated rings. The molecule has 8 heteroatoms. The van der Waals surface area contributed by atoms with Gasteiger partial charge in [-0.3, -0.25) is 14.2 Å². The molecule has 1 saturated heterocycles. The summed E-state index contributed by atoms with van der Waals surface area (Å²) in [6.45, 7) is 3.74. The van der Waals surface area contributed by atoms with E-state index in [1.165, 1.54) is 10.9 Å². The molecular formula is C22H24N6O2. The number of carbonyl (C=O) groups is 1. The van der Waals surface area contributed by atoms with E-state index in [2.05, 4.69) is 16.0 Å². The first-order valence-electron chi connectivity index (χ1n) is 10.2. The number of fused-ring (bicyclic) bond motifs is 1. The molecule has 30 heavy (non-hydrogen) atoms. The molecule has 4 rings (SSSR count). The Hall–Kier alpha value is -3.44. The Balaban J connectivity index is 1.82. The molecule has 1 atom stereocenters. The Morgan fingerprint density at radius 2 is 2.10 bits per heavy atom. The number of aromatic nitrogens is 3. The van der Waals surface area contributed by atoms with Crippen molar-refractivity contribution < 1.29 is 4.79 Å². The number of carbonyl (C=O) groups excluding carboxylic acids is 1. The van der Waals surface area contributed by atoms with Crippen LogP contribution in [0.2, 0.25) is 0 Å². The Morgan fingerprint density at radius 1 is 1.33 bits per heavy atom. The maximum Gasteiger partial charge on any atom is 0.278 e. The van der Waals surface area contributed by atoms with Crippen LogP contribution in [0.5, 0.6) is 0 Å². The van der Waals surface area contributed by atoms with Crippen LogP contribution >= 0.6 is 0 Å². The Morgan fingerprint density at radius 3 is 2.77 bits per heavy atom. The zero-order valence-electron chi connectivity index (χ0n) is 16.9. The lowest BCUT2D eigenvalue weighted by Crippen LogP contribution is -2.44. The number of rotatable bonds is 5. The third kappa shape index (κ3) is 3.37. The lowest BCUT2D eigenvalue weighted by Gasteiger charge is -2.33. The van der Waals surface area contributed by atoms with Gasteiger partial charge in [-0.1, -0.05) is 30.3 Å². The molecule has 0 bridgehead atoms. The van der Waals surface area contributed by atoms with Crippen LogP contribution in [0.1, 0.15) is 35.7 Å². The maximum atomic E-state index is 13.3. The number of nitrogens with two attached hydrogens (primary N) is 1. The van der Waals surface area contributed by atoms with Gasteiger partial charge in [-0.05, 0) is 19.8 Å². The number of hydrogen-bond acceptors (Lipinski definition) is 6. The van der Waals surface area contributed by atoms with Gasteiger partial charge in [0.15, 0.2) is 5.78 Å². The molecule has 3 aromatic rings. The van der Waals surface area contributed by atoms with Crippen LogP contribution in [-0.4, -0.2) is 39.0 Å². The molecule has 2 aromatic heterocycles. The van der Waals surface area contributed by atoms with Gasteiger partial charge in [0.25, 0.3) is 5.56 Å². The third-order valence-corrected chi connectivity index (χ3v) is 5.60. The highest BCUT2D eigenvalue weighted by Gasteiger charge is 2.28. The molecule has 8 nitrogen and oxygen atoms in total. The molecule has 0 spiro atoms. The monoisotopic (exact) mass is 404 g/mol. The van der Waals surface area contributed by atoms with Gasteiger partial charge in [0.2, 0.25) is 0 Å². The predicted octanol–water partition coefficient (Wildman–Crippen LogP) is 1.90. The lowest BCUT2D eigenvalue weighted by atomic mass is 10.1. The van der Waals surface area contributed by atoms with Crippen molar-refractivity contribution in [2.45, 2.75) is 38.9 Å². The summed E-state index contributed by atoms with van der Waals surface area (Å²) in [6.07, 6.45) is 3.23. The first-order valence-corrected chi connectivity index (χ1v) is 10.2. The van der Waals surface area contributed by atoms with Crippen molar-refractivity contribution in [2.24, 2.45) is 5.73 Å². The Labute approximate surface area is 174 Å². The minimum Gasteiger partial charge on any atom is -0.355 e. The van der Waals surface area contributed by atoms with E-state index < -0.39 is 0 Å². The molecule has 2 N–H and O–H groups in total. The number of nitrogens with zero attached hydrogens (tertiary/aromatic N) is 5. The highest BCUT2D eigenvalue weighted by Crippen LogP contribution is 2.31. The molecule has 0 unspecified atom stereocenters. The van der Waals surface area contributed by atoms with Crippen molar-refractivity contribution in [3.8, 4) is 6.07 Å². The number of aryl methyl sites for hydroxylation is 1. The Kier molecular flexibility index (Phi) is 5.38. The fourth-order valence-electron chi connectivity index (χ4n) is 4.18. The number of benzene rings is 1. The van der Waals surface area contributed by atoms with Gasteiger partial charge in [-0.15, -0.1) is 0 Å². The number of Topliss-reactive ketones (excluding diaryl/α,β-unsaturated/α-hetero) is 1. The molecule has 3 heterocycles. The normalized spacial score (nSPS) is 16.6. The Bertz CT molecular complexity index is 1190. The fraction of sp³-hybridized carbons (Fsp3) is 0.364. The summed E-state index contributed by atoms with van der Waals surface area (Å²) >= 11 is 0. The van der Waals surface area contributed by atoms with E-state index in [0.29, 0.717) is 41.1 Å². The van der Waals surface area contributed by atoms with Crippen molar-refractivity contribution >= 4 is 22.6 Å². The van der Waals surface area contributed by atoms with Gasteiger partial charge in [0, 0.05) is 31.2 Å². The van der Waals surface area contributed by atoms with Gasteiger partial charge in [0.05, 0.1) is 12.9 Å². The number of ketones is 1. The van der Waals surface area contributed by atoms with Crippen LogP contribution in [0.15, 0.2) is 41.5 Å². The average molecular weight is 404 g/mol. The minimum absolute atomic E-state index is 0.0294. The zero-order valence-corrected chi connectivity index (χ0v) is 16.9. The van der Waals surface area contributed by atoms with Crippen molar-refractivity contribution in [1.29, 1.82) is 5.26 Å². The maximum absolute atomic E-state index is 13.3. The van der Waals surface area contributed by atoms with Crippen molar-refractivity contribution in [3.05, 3.63) is 58.1 Å². The van der Waals surface area contributed by atoms with Crippen molar-refractivity contribution in [3.63, 3.8) is 0 Å². The molecule has 0 amide bonds. The lowest BCUT2D eigenvalue weighted by molar-refractivity contribution is 0.0970. The third-order valence-electron chi connectivity index (χ3n) is 5.60. The SMILES string of the molecule is CCn1c(N2CCC[C@@H](N)C2)c(C#N)c2ncn(CC(=O)c3ccccc3)c(=O)c21. The molecule has 0 radical (unpaired) electrons. The first-order chi connectivity index (χ1) is 14.5. The molecule has 154 valence electrons. The van der Waals surface area contributed by atoms with E-state index in [-0.39, 0.29) is 23.9 Å². The summed E-state index contributed by atoms with van der Waals surface area (Å²) in [7, 11) is 0. The van der Waals surface area contributed by atoms with Crippen LogP contribution in [0.25, 0.3) is 11.0 Å². The standard InChI is InChI=1S/C22H24N6O2/c1-2-28-20-19(17(11-23)21(28)26-10-6-9-16(24)12-26)25-14-27(22(20)30)13-18(29)15-7-4-3-5-8-15/h3-5,7-8,14,16H,2,6,9-10,12-13,24H2,1H3/t16-/m1/s1. The number of hydrogen-bond donors (Lipinski definition) is 1. The summed E-state index contributed by atoms with van der Waals surface area (Å²) in [6, 6.07) is 11.1. The van der Waals surface area contributed by atoms with Crippen molar-refractivity contribution in [2.75, 3.05) is 18.0 Å². The smallest absolute Gasteiger partial charge is 0.278 e. The highest BCUT2D eigenvalue weighted by molar-refractivity contribution is 5.96. The zero-order chi connectivity index (χ0) is 21.3. The number of piperidine rings is 1. The average Bonchev–Trinajstić information content (AvgIpc) is 3.10. The summed E-state index contributed by atoms with van der Waals surface area (Å²) in [5, 5.41) is 9.85. The second-order valence-electron chi connectivity index (χ2n) is 7.57. The summed E-state index contributed by atoms with van der Waals surface area (Å²) in [5.74, 6) is 0.526. The van der Waals surface area contributed by atoms with E-state index >= 15 is 0 Å². The highest BCUT2D eigenvalue weighted by atomic mass is 16.1. The van der Waals surface area contributed by atoms with Crippen LogP contribution in [0.4, 0.5) is 5.82 Å². The molecular weight excluding hydrogens is 380 g/mol. The van der Waals surface area contributed by atoms with Gasteiger partial charge in [0.1, 0.15) is 28.5 Å².